The van der Waals surface area contributed by atoms with Crippen LogP contribution in [0, 0.1) is 0 Å². The summed E-state index contributed by atoms with van der Waals surface area (Å²) in [5, 5.41) is 11.7. The van der Waals surface area contributed by atoms with Gasteiger partial charge in [-0.1, -0.05) is 0 Å². The molecule has 0 radical (unpaired) electrons. The van der Waals surface area contributed by atoms with E-state index in [1.165, 1.54) is 31.5 Å². The molecule has 0 atom stereocenters. The monoisotopic (exact) mass is 272 g/mol. The molecule has 0 spiro atoms. The molecule has 0 bridgehead atoms. The number of methoxy groups -OCH3 is 1. The summed E-state index contributed by atoms with van der Waals surface area (Å²) in [4.78, 5) is 27.0. The SMILES string of the molecule is COc1ccc(C(=O)O)c(NC(=O)c2cccnc2)c1. The number of amides is 1. The number of hydrogen-bond donors (Lipinski definition) is 2. The van der Waals surface area contributed by atoms with Crippen LogP contribution in [0.3, 0.4) is 0 Å². The minimum atomic E-state index is -1.13. The standard InChI is InChI=1S/C14H12N2O4/c1-20-10-4-5-11(14(18)19)12(7-10)16-13(17)9-3-2-6-15-8-9/h2-8H,1H3,(H,16,17)(H,18,19). The molecular weight excluding hydrogens is 260 g/mol. The highest BCUT2D eigenvalue weighted by Crippen LogP contribution is 2.23. The molecule has 20 heavy (non-hydrogen) atoms. The first-order chi connectivity index (χ1) is 9.61. The average Bonchev–Trinajstić information content (AvgIpc) is 2.47. The highest BCUT2D eigenvalue weighted by atomic mass is 16.5. The first kappa shape index (κ1) is 13.5. The molecule has 6 nitrogen and oxygen atoms in total. The molecule has 2 aromatic rings. The van der Waals surface area contributed by atoms with Crippen LogP contribution in [0.4, 0.5) is 5.69 Å². The van der Waals surface area contributed by atoms with Crippen LogP contribution in [-0.4, -0.2) is 29.1 Å². The Hall–Kier alpha value is -2.89. The lowest BCUT2D eigenvalue weighted by Gasteiger charge is -2.10. The van der Waals surface area contributed by atoms with E-state index in [4.69, 9.17) is 9.84 Å². The van der Waals surface area contributed by atoms with Gasteiger partial charge in [-0.05, 0) is 24.3 Å². The number of rotatable bonds is 4. The fourth-order valence-electron chi connectivity index (χ4n) is 1.63. The van der Waals surface area contributed by atoms with E-state index in [0.29, 0.717) is 11.3 Å². The van der Waals surface area contributed by atoms with Crippen molar-refractivity contribution < 1.29 is 19.4 Å². The van der Waals surface area contributed by atoms with Crippen molar-refractivity contribution >= 4 is 17.6 Å². The van der Waals surface area contributed by atoms with Gasteiger partial charge in [-0.2, -0.15) is 0 Å². The molecule has 0 aliphatic carbocycles. The Kier molecular flexibility index (Phi) is 3.95. The molecule has 1 aromatic carbocycles. The Morgan fingerprint density at radius 1 is 1.30 bits per heavy atom. The van der Waals surface area contributed by atoms with E-state index in [2.05, 4.69) is 10.3 Å². The highest BCUT2D eigenvalue weighted by Gasteiger charge is 2.14. The van der Waals surface area contributed by atoms with Crippen LogP contribution >= 0.6 is 0 Å². The third kappa shape index (κ3) is 2.92. The van der Waals surface area contributed by atoms with Crippen LogP contribution in [0.2, 0.25) is 0 Å². The van der Waals surface area contributed by atoms with Gasteiger partial charge in [0.05, 0.1) is 23.9 Å². The van der Waals surface area contributed by atoms with E-state index in [1.54, 1.807) is 18.3 Å². The number of benzene rings is 1. The Balaban J connectivity index is 2.32. The Morgan fingerprint density at radius 2 is 2.10 bits per heavy atom. The minimum absolute atomic E-state index is 0.0111. The van der Waals surface area contributed by atoms with Crippen LogP contribution in [0.15, 0.2) is 42.7 Å². The van der Waals surface area contributed by atoms with E-state index in [9.17, 15) is 9.59 Å². The molecule has 0 aliphatic rings. The van der Waals surface area contributed by atoms with Gasteiger partial charge in [0.15, 0.2) is 0 Å². The largest absolute Gasteiger partial charge is 0.497 e. The average molecular weight is 272 g/mol. The summed E-state index contributed by atoms with van der Waals surface area (Å²) in [5.41, 5.74) is 0.500. The quantitative estimate of drug-likeness (QED) is 0.889. The van der Waals surface area contributed by atoms with Gasteiger partial charge in [0, 0.05) is 18.5 Å². The van der Waals surface area contributed by atoms with Gasteiger partial charge < -0.3 is 15.2 Å². The second kappa shape index (κ2) is 5.83. The van der Waals surface area contributed by atoms with Crippen LogP contribution in [-0.2, 0) is 0 Å². The molecule has 1 amide bonds. The molecule has 2 N–H and O–H groups in total. The fraction of sp³-hybridized carbons (Fsp3) is 0.0714. The van der Waals surface area contributed by atoms with Crippen molar-refractivity contribution in [3.8, 4) is 5.75 Å². The van der Waals surface area contributed by atoms with Gasteiger partial charge in [0.2, 0.25) is 0 Å². The molecule has 0 saturated heterocycles. The van der Waals surface area contributed by atoms with Gasteiger partial charge in [-0.15, -0.1) is 0 Å². The third-order valence-electron chi connectivity index (χ3n) is 2.63. The predicted molar refractivity (Wildman–Crippen MR) is 72.1 cm³/mol. The van der Waals surface area contributed by atoms with Gasteiger partial charge in [0.1, 0.15) is 5.75 Å². The topological polar surface area (TPSA) is 88.5 Å². The molecule has 0 saturated carbocycles. The van der Waals surface area contributed by atoms with Crippen molar-refractivity contribution in [1.29, 1.82) is 0 Å². The van der Waals surface area contributed by atoms with Crippen molar-refractivity contribution in [2.75, 3.05) is 12.4 Å². The van der Waals surface area contributed by atoms with Gasteiger partial charge in [-0.3, -0.25) is 9.78 Å². The number of anilines is 1. The maximum atomic E-state index is 12.0. The van der Waals surface area contributed by atoms with E-state index in [0.717, 1.165) is 0 Å². The summed E-state index contributed by atoms with van der Waals surface area (Å²) >= 11 is 0. The lowest BCUT2D eigenvalue weighted by atomic mass is 10.1. The fourth-order valence-corrected chi connectivity index (χ4v) is 1.63. The van der Waals surface area contributed by atoms with Crippen molar-refractivity contribution in [3.63, 3.8) is 0 Å². The van der Waals surface area contributed by atoms with Crippen LogP contribution in [0.1, 0.15) is 20.7 Å². The zero-order valence-corrected chi connectivity index (χ0v) is 10.7. The number of hydrogen-bond acceptors (Lipinski definition) is 4. The number of nitrogens with one attached hydrogen (secondary N) is 1. The number of pyridine rings is 1. The number of nitrogens with zero attached hydrogens (tertiary/aromatic N) is 1. The van der Waals surface area contributed by atoms with Gasteiger partial charge in [-0.25, -0.2) is 4.79 Å². The molecule has 1 heterocycles. The number of carbonyl (C=O) groups is 2. The molecule has 0 fully saturated rings. The third-order valence-corrected chi connectivity index (χ3v) is 2.63. The summed E-state index contributed by atoms with van der Waals surface area (Å²) in [6, 6.07) is 7.56. The molecular formula is C14H12N2O4. The van der Waals surface area contributed by atoms with Crippen molar-refractivity contribution in [1.82, 2.24) is 4.98 Å². The first-order valence-corrected chi connectivity index (χ1v) is 5.74. The molecule has 2 rings (SSSR count). The normalized spacial score (nSPS) is 9.85. The second-order valence-corrected chi connectivity index (χ2v) is 3.91. The van der Waals surface area contributed by atoms with Crippen LogP contribution in [0.5, 0.6) is 5.75 Å². The van der Waals surface area contributed by atoms with E-state index in [1.807, 2.05) is 0 Å². The molecule has 0 unspecified atom stereocenters. The lowest BCUT2D eigenvalue weighted by molar-refractivity contribution is 0.0698. The maximum Gasteiger partial charge on any atom is 0.337 e. The Labute approximate surface area is 115 Å². The lowest BCUT2D eigenvalue weighted by Crippen LogP contribution is -2.15. The van der Waals surface area contributed by atoms with Crippen molar-refractivity contribution in [3.05, 3.63) is 53.9 Å². The molecule has 102 valence electrons. The van der Waals surface area contributed by atoms with E-state index < -0.39 is 11.9 Å². The summed E-state index contributed by atoms with van der Waals surface area (Å²) in [7, 11) is 1.46. The van der Waals surface area contributed by atoms with Crippen LogP contribution in [0.25, 0.3) is 0 Å². The Bertz CT molecular complexity index is 641. The van der Waals surface area contributed by atoms with E-state index >= 15 is 0 Å². The summed E-state index contributed by atoms with van der Waals surface area (Å²) in [6.45, 7) is 0. The molecule has 1 aromatic heterocycles. The number of ether oxygens (including phenoxy) is 1. The number of carbonyl (C=O) groups excluding carboxylic acids is 1. The minimum Gasteiger partial charge on any atom is -0.497 e. The number of aromatic nitrogens is 1. The van der Waals surface area contributed by atoms with Gasteiger partial charge in [0.25, 0.3) is 5.91 Å². The summed E-state index contributed by atoms with van der Waals surface area (Å²) < 4.78 is 5.02. The molecule has 0 aliphatic heterocycles. The van der Waals surface area contributed by atoms with Gasteiger partial charge >= 0.3 is 5.97 Å². The highest BCUT2D eigenvalue weighted by molar-refractivity contribution is 6.07. The number of carboxylic acid groups (broad SMARTS) is 1. The second-order valence-electron chi connectivity index (χ2n) is 3.91. The summed E-state index contributed by atoms with van der Waals surface area (Å²) in [5.74, 6) is -1.11. The Morgan fingerprint density at radius 3 is 2.70 bits per heavy atom. The van der Waals surface area contributed by atoms with Crippen molar-refractivity contribution in [2.45, 2.75) is 0 Å². The number of carboxylic acids is 1. The maximum absolute atomic E-state index is 12.0. The molecule has 6 heteroatoms. The van der Waals surface area contributed by atoms with Crippen LogP contribution < -0.4 is 10.1 Å². The smallest absolute Gasteiger partial charge is 0.337 e. The zero-order chi connectivity index (χ0) is 14.5. The summed E-state index contributed by atoms with van der Waals surface area (Å²) in [6.07, 6.45) is 2.95. The number of aromatic carboxylic acids is 1. The zero-order valence-electron chi connectivity index (χ0n) is 10.7. The first-order valence-electron chi connectivity index (χ1n) is 5.74. The van der Waals surface area contributed by atoms with Crippen molar-refractivity contribution in [2.24, 2.45) is 0 Å². The predicted octanol–water partition coefficient (Wildman–Crippen LogP) is 2.04. The van der Waals surface area contributed by atoms with E-state index in [-0.39, 0.29) is 11.3 Å².